The van der Waals surface area contributed by atoms with E-state index in [9.17, 15) is 4.79 Å². The summed E-state index contributed by atoms with van der Waals surface area (Å²) in [5.74, 6) is -0.199. The van der Waals surface area contributed by atoms with Gasteiger partial charge in [0, 0.05) is 7.11 Å². The first-order chi connectivity index (χ1) is 11.3. The molecule has 128 valence electrons. The van der Waals surface area contributed by atoms with Crippen molar-refractivity contribution in [1.29, 1.82) is 0 Å². The minimum absolute atomic E-state index is 0.199. The SMILES string of the molecule is COCCOC(=NCC[NH+]1CCOCC1)NC(=O)c1cccs1. The molecule has 0 aliphatic carbocycles. The van der Waals surface area contributed by atoms with Crippen molar-refractivity contribution >= 4 is 23.3 Å². The van der Waals surface area contributed by atoms with Crippen molar-refractivity contribution in [3.63, 3.8) is 0 Å². The van der Waals surface area contributed by atoms with E-state index in [4.69, 9.17) is 14.2 Å². The summed E-state index contributed by atoms with van der Waals surface area (Å²) < 4.78 is 15.8. The molecule has 23 heavy (non-hydrogen) atoms. The standard InChI is InChI=1S/C15H23N3O4S/c1-20-10-11-22-15(17-14(19)13-3-2-12-23-13)16-4-5-18-6-8-21-9-7-18/h2-3,12H,4-11H2,1H3,(H,16,17,19)/p+1. The molecule has 1 aromatic rings. The van der Waals surface area contributed by atoms with Gasteiger partial charge < -0.3 is 19.1 Å². The van der Waals surface area contributed by atoms with Gasteiger partial charge in [0.25, 0.3) is 11.9 Å². The van der Waals surface area contributed by atoms with Crippen molar-refractivity contribution < 1.29 is 23.9 Å². The first-order valence-corrected chi connectivity index (χ1v) is 8.60. The van der Waals surface area contributed by atoms with Crippen molar-refractivity contribution in [1.82, 2.24) is 5.32 Å². The Balaban J connectivity index is 1.84. The summed E-state index contributed by atoms with van der Waals surface area (Å²) in [6.45, 7) is 5.88. The normalized spacial score (nSPS) is 16.3. The minimum atomic E-state index is -0.199. The van der Waals surface area contributed by atoms with Crippen LogP contribution in [0.15, 0.2) is 22.5 Å². The maximum absolute atomic E-state index is 12.1. The summed E-state index contributed by atoms with van der Waals surface area (Å²) >= 11 is 1.38. The lowest BCUT2D eigenvalue weighted by Gasteiger charge is -2.23. The molecule has 2 heterocycles. The average Bonchev–Trinajstić information content (AvgIpc) is 3.10. The van der Waals surface area contributed by atoms with Gasteiger partial charge in [0.15, 0.2) is 0 Å². The second-order valence-corrected chi connectivity index (χ2v) is 6.02. The zero-order valence-corrected chi connectivity index (χ0v) is 14.2. The molecule has 0 saturated carbocycles. The van der Waals surface area contributed by atoms with Crippen LogP contribution in [0.5, 0.6) is 0 Å². The quantitative estimate of drug-likeness (QED) is 0.395. The third-order valence-electron chi connectivity index (χ3n) is 3.41. The van der Waals surface area contributed by atoms with Crippen LogP contribution < -0.4 is 10.2 Å². The molecule has 1 fully saturated rings. The second-order valence-electron chi connectivity index (χ2n) is 5.07. The molecular formula is C15H24N3O4S+. The number of quaternary nitrogens is 1. The maximum atomic E-state index is 12.1. The summed E-state index contributed by atoms with van der Waals surface area (Å²) in [5.41, 5.74) is 0. The number of carbonyl (C=O) groups excluding carboxylic acids is 1. The van der Waals surface area contributed by atoms with Gasteiger partial charge in [0.1, 0.15) is 19.7 Å². The van der Waals surface area contributed by atoms with Crippen LogP contribution in [0.4, 0.5) is 0 Å². The molecular weight excluding hydrogens is 318 g/mol. The average molecular weight is 342 g/mol. The Kier molecular flexibility index (Phi) is 8.02. The number of rotatable bonds is 7. The van der Waals surface area contributed by atoms with Gasteiger partial charge in [-0.25, -0.2) is 4.99 Å². The number of hydrogen-bond acceptors (Lipinski definition) is 6. The monoisotopic (exact) mass is 342 g/mol. The van der Waals surface area contributed by atoms with Crippen LogP contribution in [-0.4, -0.2) is 71.6 Å². The molecule has 2 rings (SSSR count). The molecule has 0 atom stereocenters. The number of nitrogens with one attached hydrogen (secondary N) is 2. The number of morpholine rings is 1. The molecule has 0 aromatic carbocycles. The van der Waals surface area contributed by atoms with Crippen molar-refractivity contribution in [3.05, 3.63) is 22.4 Å². The van der Waals surface area contributed by atoms with Gasteiger partial charge in [-0.15, -0.1) is 11.3 Å². The zero-order valence-electron chi connectivity index (χ0n) is 13.4. The molecule has 1 aliphatic heterocycles. The summed E-state index contributed by atoms with van der Waals surface area (Å²) in [7, 11) is 1.60. The Morgan fingerprint density at radius 2 is 2.26 bits per heavy atom. The number of amides is 1. The first kappa shape index (κ1) is 17.9. The summed E-state index contributed by atoms with van der Waals surface area (Å²) in [5, 5.41) is 4.59. The number of methoxy groups -OCH3 is 1. The Bertz CT molecular complexity index is 487. The fraction of sp³-hybridized carbons (Fsp3) is 0.600. The number of amidine groups is 1. The predicted octanol–water partition coefficient (Wildman–Crippen LogP) is -0.588. The van der Waals surface area contributed by atoms with Crippen LogP contribution in [0.2, 0.25) is 0 Å². The van der Waals surface area contributed by atoms with Crippen molar-refractivity contribution in [2.24, 2.45) is 4.99 Å². The van der Waals surface area contributed by atoms with Gasteiger partial charge in [-0.3, -0.25) is 10.1 Å². The Hall–Kier alpha value is -1.48. The van der Waals surface area contributed by atoms with Crippen molar-refractivity contribution in [2.75, 3.05) is 59.7 Å². The van der Waals surface area contributed by atoms with E-state index in [1.807, 2.05) is 11.4 Å². The lowest BCUT2D eigenvalue weighted by molar-refractivity contribution is -0.906. The van der Waals surface area contributed by atoms with Crippen molar-refractivity contribution in [2.45, 2.75) is 0 Å². The lowest BCUT2D eigenvalue weighted by atomic mass is 10.4. The third-order valence-corrected chi connectivity index (χ3v) is 4.28. The number of hydrogen-bond donors (Lipinski definition) is 2. The van der Waals surface area contributed by atoms with E-state index < -0.39 is 0 Å². The van der Waals surface area contributed by atoms with Gasteiger partial charge >= 0.3 is 0 Å². The van der Waals surface area contributed by atoms with Crippen LogP contribution >= 0.6 is 11.3 Å². The Labute approximate surface area is 140 Å². The van der Waals surface area contributed by atoms with Crippen LogP contribution in [0.1, 0.15) is 9.67 Å². The molecule has 8 heteroatoms. The second kappa shape index (κ2) is 10.3. The molecule has 7 nitrogen and oxygen atoms in total. The minimum Gasteiger partial charge on any atom is -0.463 e. The van der Waals surface area contributed by atoms with Crippen LogP contribution in [0, 0.1) is 0 Å². The Morgan fingerprint density at radius 1 is 1.43 bits per heavy atom. The fourth-order valence-corrected chi connectivity index (χ4v) is 2.75. The highest BCUT2D eigenvalue weighted by atomic mass is 32.1. The number of ether oxygens (including phenoxy) is 3. The molecule has 1 aliphatic rings. The number of aliphatic imine (C=N–C) groups is 1. The topological polar surface area (TPSA) is 73.6 Å². The summed E-state index contributed by atoms with van der Waals surface area (Å²) in [4.78, 5) is 18.6. The predicted molar refractivity (Wildman–Crippen MR) is 88.3 cm³/mol. The molecule has 1 aromatic heterocycles. The van der Waals surface area contributed by atoms with E-state index in [0.29, 0.717) is 24.6 Å². The molecule has 1 saturated heterocycles. The van der Waals surface area contributed by atoms with Gasteiger partial charge in [-0.1, -0.05) is 6.07 Å². The van der Waals surface area contributed by atoms with Crippen LogP contribution in [0.25, 0.3) is 0 Å². The highest BCUT2D eigenvalue weighted by Gasteiger charge is 2.14. The largest absolute Gasteiger partial charge is 0.463 e. The first-order valence-electron chi connectivity index (χ1n) is 7.72. The third kappa shape index (κ3) is 6.66. The van der Waals surface area contributed by atoms with Crippen molar-refractivity contribution in [3.8, 4) is 0 Å². The molecule has 0 bridgehead atoms. The van der Waals surface area contributed by atoms with E-state index in [-0.39, 0.29) is 11.9 Å². The molecule has 0 radical (unpaired) electrons. The number of carbonyl (C=O) groups is 1. The number of nitrogens with zero attached hydrogens (tertiary/aromatic N) is 1. The lowest BCUT2D eigenvalue weighted by Crippen LogP contribution is -3.14. The zero-order chi connectivity index (χ0) is 16.3. The van der Waals surface area contributed by atoms with Gasteiger partial charge in [-0.05, 0) is 11.4 Å². The highest BCUT2D eigenvalue weighted by Crippen LogP contribution is 2.07. The van der Waals surface area contributed by atoms with Gasteiger partial charge in [-0.2, -0.15) is 0 Å². The van der Waals surface area contributed by atoms with E-state index in [1.54, 1.807) is 13.2 Å². The molecule has 1 amide bonds. The van der Waals surface area contributed by atoms with E-state index in [0.717, 1.165) is 32.8 Å². The van der Waals surface area contributed by atoms with E-state index in [2.05, 4.69) is 10.3 Å². The maximum Gasteiger partial charge on any atom is 0.292 e. The Morgan fingerprint density at radius 3 is 2.96 bits per heavy atom. The van der Waals surface area contributed by atoms with E-state index in [1.165, 1.54) is 16.2 Å². The molecule has 0 spiro atoms. The molecule has 2 N–H and O–H groups in total. The number of thiophene rings is 1. The molecule has 0 unspecified atom stereocenters. The summed E-state index contributed by atoms with van der Waals surface area (Å²) in [6, 6.07) is 3.86. The smallest absolute Gasteiger partial charge is 0.292 e. The van der Waals surface area contributed by atoms with Crippen LogP contribution in [-0.2, 0) is 14.2 Å². The summed E-state index contributed by atoms with van der Waals surface area (Å²) in [6.07, 6.45) is 0. The van der Waals surface area contributed by atoms with Crippen LogP contribution in [0.3, 0.4) is 0 Å². The van der Waals surface area contributed by atoms with Gasteiger partial charge in [0.05, 0.1) is 37.8 Å². The fourth-order valence-electron chi connectivity index (χ4n) is 2.14. The van der Waals surface area contributed by atoms with Gasteiger partial charge in [0.2, 0.25) is 0 Å². The van der Waals surface area contributed by atoms with E-state index >= 15 is 0 Å². The highest BCUT2D eigenvalue weighted by molar-refractivity contribution is 7.12.